The molecule has 1 fully saturated rings. The minimum Gasteiger partial charge on any atom is -0.397 e. The van der Waals surface area contributed by atoms with Crippen LogP contribution < -0.4 is 11.1 Å². The second kappa shape index (κ2) is 5.02. The molecule has 5 nitrogen and oxygen atoms in total. The quantitative estimate of drug-likeness (QED) is 0.734. The molecule has 1 aromatic heterocycles. The van der Waals surface area contributed by atoms with Gasteiger partial charge in [0, 0.05) is 18.8 Å². The van der Waals surface area contributed by atoms with Gasteiger partial charge in [-0.2, -0.15) is 0 Å². The van der Waals surface area contributed by atoms with Crippen molar-refractivity contribution in [2.75, 3.05) is 12.3 Å². The summed E-state index contributed by atoms with van der Waals surface area (Å²) < 4.78 is 1.94. The second-order valence-electron chi connectivity index (χ2n) is 5.32. The van der Waals surface area contributed by atoms with Gasteiger partial charge >= 0.3 is 0 Å². The number of rotatable bonds is 5. The molecule has 1 amide bonds. The molecule has 1 aliphatic carbocycles. The molecule has 4 N–H and O–H groups in total. The summed E-state index contributed by atoms with van der Waals surface area (Å²) in [7, 11) is 0. The number of amides is 1. The maximum absolute atomic E-state index is 12.0. The Morgan fingerprint density at radius 2 is 2.28 bits per heavy atom. The molecule has 100 valence electrons. The van der Waals surface area contributed by atoms with Crippen LogP contribution in [0.4, 0.5) is 5.69 Å². The standard InChI is InChI=1S/C13H21N3O2/c1-8(2)12(17)6-15-13(18)11-5-9(14)7-16(11)10-3-4-10/h5,7-8,10,12,17H,3-4,6,14H2,1-2H3,(H,15,18). The summed E-state index contributed by atoms with van der Waals surface area (Å²) in [6.07, 6.45) is 3.49. The van der Waals surface area contributed by atoms with Gasteiger partial charge in [-0.1, -0.05) is 13.8 Å². The van der Waals surface area contributed by atoms with Gasteiger partial charge in [-0.05, 0) is 24.8 Å². The highest BCUT2D eigenvalue weighted by molar-refractivity contribution is 5.93. The van der Waals surface area contributed by atoms with E-state index < -0.39 is 6.10 Å². The van der Waals surface area contributed by atoms with Crippen molar-refractivity contribution in [1.82, 2.24) is 9.88 Å². The lowest BCUT2D eigenvalue weighted by atomic mass is 10.1. The van der Waals surface area contributed by atoms with Gasteiger partial charge in [-0.3, -0.25) is 4.79 Å². The lowest BCUT2D eigenvalue weighted by Gasteiger charge is -2.15. The smallest absolute Gasteiger partial charge is 0.268 e. The van der Waals surface area contributed by atoms with Gasteiger partial charge in [-0.25, -0.2) is 0 Å². The van der Waals surface area contributed by atoms with Crippen LogP contribution in [0, 0.1) is 5.92 Å². The first-order valence-electron chi connectivity index (χ1n) is 6.42. The number of aliphatic hydroxyl groups excluding tert-OH is 1. The molecule has 5 heteroatoms. The highest BCUT2D eigenvalue weighted by Gasteiger charge is 2.27. The van der Waals surface area contributed by atoms with Gasteiger partial charge in [-0.15, -0.1) is 0 Å². The van der Waals surface area contributed by atoms with Crippen LogP contribution in [0.15, 0.2) is 12.3 Å². The third-order valence-corrected chi connectivity index (χ3v) is 3.28. The fourth-order valence-electron chi connectivity index (χ4n) is 1.86. The molecule has 1 aromatic rings. The number of anilines is 1. The number of nitrogens with two attached hydrogens (primary N) is 1. The SMILES string of the molecule is CC(C)C(O)CNC(=O)c1cc(N)cn1C1CC1. The highest BCUT2D eigenvalue weighted by atomic mass is 16.3. The van der Waals surface area contributed by atoms with Crippen LogP contribution in [0.2, 0.25) is 0 Å². The summed E-state index contributed by atoms with van der Waals surface area (Å²) in [6, 6.07) is 2.10. The number of nitrogens with zero attached hydrogens (tertiary/aromatic N) is 1. The Hall–Kier alpha value is -1.49. The van der Waals surface area contributed by atoms with Crippen LogP contribution in [0.1, 0.15) is 43.2 Å². The largest absolute Gasteiger partial charge is 0.397 e. The lowest BCUT2D eigenvalue weighted by molar-refractivity contribution is 0.0863. The predicted octanol–water partition coefficient (Wildman–Crippen LogP) is 1.15. The number of hydrogen-bond acceptors (Lipinski definition) is 3. The number of hydrogen-bond donors (Lipinski definition) is 3. The summed E-state index contributed by atoms with van der Waals surface area (Å²) in [5, 5.41) is 12.4. The third kappa shape index (κ3) is 2.85. The summed E-state index contributed by atoms with van der Waals surface area (Å²) >= 11 is 0. The molecular formula is C13H21N3O2. The maximum atomic E-state index is 12.0. The fourth-order valence-corrected chi connectivity index (χ4v) is 1.86. The minimum absolute atomic E-state index is 0.130. The van der Waals surface area contributed by atoms with Crippen molar-refractivity contribution in [2.24, 2.45) is 5.92 Å². The van der Waals surface area contributed by atoms with E-state index in [1.54, 1.807) is 6.07 Å². The van der Waals surface area contributed by atoms with Gasteiger partial charge < -0.3 is 20.7 Å². The number of carbonyl (C=O) groups excluding carboxylic acids is 1. The zero-order valence-electron chi connectivity index (χ0n) is 10.9. The van der Waals surface area contributed by atoms with E-state index in [0.717, 1.165) is 12.8 Å². The molecule has 2 rings (SSSR count). The van der Waals surface area contributed by atoms with E-state index in [2.05, 4.69) is 5.32 Å². The zero-order valence-corrected chi connectivity index (χ0v) is 10.9. The van der Waals surface area contributed by atoms with Crippen LogP contribution in [0.25, 0.3) is 0 Å². The Kier molecular flexibility index (Phi) is 3.61. The molecule has 0 radical (unpaired) electrons. The second-order valence-corrected chi connectivity index (χ2v) is 5.32. The van der Waals surface area contributed by atoms with Gasteiger partial charge in [0.15, 0.2) is 0 Å². The summed E-state index contributed by atoms with van der Waals surface area (Å²) in [6.45, 7) is 4.11. The lowest BCUT2D eigenvalue weighted by Crippen LogP contribution is -2.35. The van der Waals surface area contributed by atoms with Crippen LogP contribution in [0.5, 0.6) is 0 Å². The number of aliphatic hydroxyl groups is 1. The van der Waals surface area contributed by atoms with Crippen LogP contribution in [-0.2, 0) is 0 Å². The summed E-state index contributed by atoms with van der Waals surface area (Å²) in [5.74, 6) is -0.0381. The molecule has 0 aliphatic heterocycles. The first kappa shape index (κ1) is 13.0. The van der Waals surface area contributed by atoms with E-state index in [0.29, 0.717) is 17.4 Å². The third-order valence-electron chi connectivity index (χ3n) is 3.28. The Balaban J connectivity index is 2.00. The molecule has 0 spiro atoms. The highest BCUT2D eigenvalue weighted by Crippen LogP contribution is 2.37. The molecule has 1 heterocycles. The Labute approximate surface area is 107 Å². The Morgan fingerprint density at radius 3 is 2.83 bits per heavy atom. The molecule has 1 unspecified atom stereocenters. The number of aromatic nitrogens is 1. The average molecular weight is 251 g/mol. The zero-order chi connectivity index (χ0) is 13.3. The van der Waals surface area contributed by atoms with Gasteiger partial charge in [0.05, 0.1) is 11.8 Å². The first-order valence-corrected chi connectivity index (χ1v) is 6.42. The maximum Gasteiger partial charge on any atom is 0.268 e. The van der Waals surface area contributed by atoms with E-state index >= 15 is 0 Å². The van der Waals surface area contributed by atoms with Gasteiger partial charge in [0.1, 0.15) is 5.69 Å². The van der Waals surface area contributed by atoms with Crippen molar-refractivity contribution in [3.63, 3.8) is 0 Å². The van der Waals surface area contributed by atoms with Crippen LogP contribution in [-0.4, -0.2) is 28.2 Å². The van der Waals surface area contributed by atoms with Crippen molar-refractivity contribution in [3.05, 3.63) is 18.0 Å². The van der Waals surface area contributed by atoms with Crippen molar-refractivity contribution in [3.8, 4) is 0 Å². The molecule has 18 heavy (non-hydrogen) atoms. The molecular weight excluding hydrogens is 230 g/mol. The van der Waals surface area contributed by atoms with E-state index in [9.17, 15) is 9.90 Å². The van der Waals surface area contributed by atoms with Crippen molar-refractivity contribution >= 4 is 11.6 Å². The van der Waals surface area contributed by atoms with E-state index in [1.165, 1.54) is 0 Å². The van der Waals surface area contributed by atoms with Gasteiger partial charge in [0.25, 0.3) is 5.91 Å². The van der Waals surface area contributed by atoms with Crippen LogP contribution >= 0.6 is 0 Å². The summed E-state index contributed by atoms with van der Waals surface area (Å²) in [5.41, 5.74) is 6.93. The fraction of sp³-hybridized carbons (Fsp3) is 0.615. The average Bonchev–Trinajstić information content (AvgIpc) is 3.08. The first-order chi connectivity index (χ1) is 8.49. The number of nitrogens with one attached hydrogen (secondary N) is 1. The molecule has 0 bridgehead atoms. The molecule has 1 saturated carbocycles. The molecule has 0 saturated heterocycles. The molecule has 1 atom stereocenters. The summed E-state index contributed by atoms with van der Waals surface area (Å²) in [4.78, 5) is 12.0. The van der Waals surface area contributed by atoms with E-state index in [-0.39, 0.29) is 18.4 Å². The molecule has 1 aliphatic rings. The van der Waals surface area contributed by atoms with Crippen molar-refractivity contribution in [2.45, 2.75) is 38.8 Å². The molecule has 0 aromatic carbocycles. The number of carbonyl (C=O) groups is 1. The topological polar surface area (TPSA) is 80.3 Å². The normalized spacial score (nSPS) is 16.9. The van der Waals surface area contributed by atoms with Crippen molar-refractivity contribution < 1.29 is 9.90 Å². The monoisotopic (exact) mass is 251 g/mol. The van der Waals surface area contributed by atoms with E-state index in [4.69, 9.17) is 5.73 Å². The number of nitrogen functional groups attached to an aromatic ring is 1. The Morgan fingerprint density at radius 1 is 1.61 bits per heavy atom. The van der Waals surface area contributed by atoms with E-state index in [1.807, 2.05) is 24.6 Å². The Bertz CT molecular complexity index is 435. The van der Waals surface area contributed by atoms with Crippen LogP contribution in [0.3, 0.4) is 0 Å². The van der Waals surface area contributed by atoms with Gasteiger partial charge in [0.2, 0.25) is 0 Å². The van der Waals surface area contributed by atoms with Crippen molar-refractivity contribution in [1.29, 1.82) is 0 Å². The minimum atomic E-state index is -0.518. The predicted molar refractivity (Wildman–Crippen MR) is 70.3 cm³/mol.